The maximum atomic E-state index is 13.1. The highest BCUT2D eigenvalue weighted by Crippen LogP contribution is 2.17. The minimum Gasteiger partial charge on any atom is -0.481 e. The first-order valence-electron chi connectivity index (χ1n) is 7.12. The van der Waals surface area contributed by atoms with E-state index in [1.165, 1.54) is 13.0 Å². The topological polar surface area (TPSA) is 58.6 Å². The lowest BCUT2D eigenvalue weighted by atomic mass is 10.1. The van der Waals surface area contributed by atoms with Gasteiger partial charge in [-0.25, -0.2) is 8.78 Å². The number of hydrogen-bond acceptors (Lipinski definition) is 3. The zero-order valence-corrected chi connectivity index (χ0v) is 12.6. The molecule has 0 heterocycles. The van der Waals surface area contributed by atoms with Crippen molar-refractivity contribution in [1.29, 1.82) is 0 Å². The Balaban J connectivity index is 1.95. The lowest BCUT2D eigenvalue weighted by Gasteiger charge is -2.15. The highest BCUT2D eigenvalue weighted by atomic mass is 19.2. The van der Waals surface area contributed by atoms with Gasteiger partial charge < -0.3 is 15.2 Å². The van der Waals surface area contributed by atoms with Crippen molar-refractivity contribution >= 4 is 11.6 Å². The van der Waals surface area contributed by atoms with Gasteiger partial charge in [0, 0.05) is 18.4 Å². The second-order valence-corrected chi connectivity index (χ2v) is 5.00. The van der Waals surface area contributed by atoms with E-state index in [1.807, 2.05) is 0 Å². The van der Waals surface area contributed by atoms with E-state index >= 15 is 0 Å². The summed E-state index contributed by atoms with van der Waals surface area (Å²) in [6.45, 7) is 1.57. The standard InChI is InChI=1S/C17H17F2NO3/c1-11(23-14-6-7-15(18)16(19)10-14)17(22)20-13-4-2-12(3-5-13)8-9-21/h2-7,10-11,21H,8-9H2,1H3,(H,20,22). The van der Waals surface area contributed by atoms with Gasteiger partial charge in [0.15, 0.2) is 17.7 Å². The average Bonchev–Trinajstić information content (AvgIpc) is 2.53. The van der Waals surface area contributed by atoms with Crippen LogP contribution in [0.4, 0.5) is 14.5 Å². The van der Waals surface area contributed by atoms with Gasteiger partial charge in [-0.2, -0.15) is 0 Å². The number of rotatable bonds is 6. The molecule has 0 aliphatic carbocycles. The fourth-order valence-corrected chi connectivity index (χ4v) is 1.94. The van der Waals surface area contributed by atoms with Crippen LogP contribution in [0.3, 0.4) is 0 Å². The summed E-state index contributed by atoms with van der Waals surface area (Å²) in [6.07, 6.45) is -0.332. The molecule has 2 N–H and O–H groups in total. The minimum atomic E-state index is -1.03. The summed E-state index contributed by atoms with van der Waals surface area (Å²) < 4.78 is 31.2. The monoisotopic (exact) mass is 321 g/mol. The Bertz CT molecular complexity index is 674. The summed E-state index contributed by atoms with van der Waals surface area (Å²) in [5.41, 5.74) is 1.54. The van der Waals surface area contributed by atoms with Crippen LogP contribution in [-0.4, -0.2) is 23.7 Å². The lowest BCUT2D eigenvalue weighted by Crippen LogP contribution is -2.30. The maximum absolute atomic E-state index is 13.1. The molecule has 0 fully saturated rings. The molecule has 2 rings (SSSR count). The molecule has 0 radical (unpaired) electrons. The highest BCUT2D eigenvalue weighted by Gasteiger charge is 2.15. The summed E-state index contributed by atoms with van der Waals surface area (Å²) in [7, 11) is 0. The van der Waals surface area contributed by atoms with Gasteiger partial charge in [-0.05, 0) is 43.2 Å². The first-order chi connectivity index (χ1) is 11.0. The number of anilines is 1. The van der Waals surface area contributed by atoms with Crippen LogP contribution >= 0.6 is 0 Å². The van der Waals surface area contributed by atoms with Gasteiger partial charge in [0.05, 0.1) is 0 Å². The Hall–Kier alpha value is -2.47. The molecule has 1 amide bonds. The van der Waals surface area contributed by atoms with Gasteiger partial charge in [0.1, 0.15) is 5.75 Å². The summed E-state index contributed by atoms with van der Waals surface area (Å²) >= 11 is 0. The van der Waals surface area contributed by atoms with E-state index < -0.39 is 23.6 Å². The van der Waals surface area contributed by atoms with Gasteiger partial charge in [0.2, 0.25) is 0 Å². The average molecular weight is 321 g/mol. The van der Waals surface area contributed by atoms with Crippen molar-refractivity contribution in [2.75, 3.05) is 11.9 Å². The number of hydrogen-bond donors (Lipinski definition) is 2. The minimum absolute atomic E-state index is 0.0603. The molecule has 0 aliphatic rings. The lowest BCUT2D eigenvalue weighted by molar-refractivity contribution is -0.122. The second kappa shape index (κ2) is 7.69. The molecule has 2 aromatic carbocycles. The van der Waals surface area contributed by atoms with E-state index in [9.17, 15) is 13.6 Å². The predicted octanol–water partition coefficient (Wildman–Crippen LogP) is 2.91. The molecule has 6 heteroatoms. The molecule has 23 heavy (non-hydrogen) atoms. The Labute approximate surface area is 132 Å². The van der Waals surface area contributed by atoms with E-state index in [2.05, 4.69) is 5.32 Å². The van der Waals surface area contributed by atoms with Crippen molar-refractivity contribution in [3.8, 4) is 5.75 Å². The van der Waals surface area contributed by atoms with Crippen LogP contribution in [0.5, 0.6) is 5.75 Å². The number of carbonyl (C=O) groups excluding carboxylic acids is 1. The molecule has 4 nitrogen and oxygen atoms in total. The van der Waals surface area contributed by atoms with Crippen molar-refractivity contribution < 1.29 is 23.4 Å². The normalized spacial score (nSPS) is 11.8. The first kappa shape index (κ1) is 16.9. The molecule has 0 aromatic heterocycles. The maximum Gasteiger partial charge on any atom is 0.265 e. The smallest absolute Gasteiger partial charge is 0.265 e. The number of aliphatic hydroxyl groups is 1. The Morgan fingerprint density at radius 2 is 1.87 bits per heavy atom. The number of benzene rings is 2. The third-order valence-corrected chi connectivity index (χ3v) is 3.20. The van der Waals surface area contributed by atoms with Crippen LogP contribution in [0.25, 0.3) is 0 Å². The van der Waals surface area contributed by atoms with E-state index in [0.29, 0.717) is 12.1 Å². The number of carbonyl (C=O) groups is 1. The third kappa shape index (κ3) is 4.75. The van der Waals surface area contributed by atoms with Gasteiger partial charge in [-0.1, -0.05) is 12.1 Å². The van der Waals surface area contributed by atoms with Crippen molar-refractivity contribution in [2.45, 2.75) is 19.4 Å². The number of amides is 1. The fraction of sp³-hybridized carbons (Fsp3) is 0.235. The zero-order chi connectivity index (χ0) is 16.8. The Morgan fingerprint density at radius 3 is 2.48 bits per heavy atom. The van der Waals surface area contributed by atoms with Crippen molar-refractivity contribution in [3.63, 3.8) is 0 Å². The molecular weight excluding hydrogens is 304 g/mol. The van der Waals surface area contributed by atoms with Crippen molar-refractivity contribution in [1.82, 2.24) is 0 Å². The second-order valence-electron chi connectivity index (χ2n) is 5.00. The SMILES string of the molecule is CC(Oc1ccc(F)c(F)c1)C(=O)Nc1ccc(CCO)cc1. The van der Waals surface area contributed by atoms with Crippen molar-refractivity contribution in [3.05, 3.63) is 59.7 Å². The van der Waals surface area contributed by atoms with Gasteiger partial charge >= 0.3 is 0 Å². The highest BCUT2D eigenvalue weighted by molar-refractivity contribution is 5.94. The molecule has 2 aromatic rings. The summed E-state index contributed by atoms with van der Waals surface area (Å²) in [6, 6.07) is 10.1. The summed E-state index contributed by atoms with van der Waals surface area (Å²) in [5, 5.41) is 11.5. The van der Waals surface area contributed by atoms with E-state index in [0.717, 1.165) is 17.7 Å². The fourth-order valence-electron chi connectivity index (χ4n) is 1.94. The predicted molar refractivity (Wildman–Crippen MR) is 82.3 cm³/mol. The Kier molecular flexibility index (Phi) is 5.65. The number of ether oxygens (including phenoxy) is 1. The molecule has 1 unspecified atom stereocenters. The molecule has 0 saturated carbocycles. The number of halogens is 2. The van der Waals surface area contributed by atoms with Crippen LogP contribution in [0.15, 0.2) is 42.5 Å². The molecule has 0 aliphatic heterocycles. The van der Waals surface area contributed by atoms with E-state index in [-0.39, 0.29) is 12.4 Å². The summed E-state index contributed by atoms with van der Waals surface area (Å²) in [5.74, 6) is -2.35. The number of aliphatic hydroxyl groups excluding tert-OH is 1. The van der Waals surface area contributed by atoms with Gasteiger partial charge in [-0.3, -0.25) is 4.79 Å². The van der Waals surface area contributed by atoms with Crippen LogP contribution in [0, 0.1) is 11.6 Å². The molecule has 0 bridgehead atoms. The molecule has 122 valence electrons. The van der Waals surface area contributed by atoms with E-state index in [4.69, 9.17) is 9.84 Å². The molecular formula is C17H17F2NO3. The molecule has 0 spiro atoms. The van der Waals surface area contributed by atoms with Crippen LogP contribution in [0.2, 0.25) is 0 Å². The van der Waals surface area contributed by atoms with Crippen LogP contribution in [0.1, 0.15) is 12.5 Å². The van der Waals surface area contributed by atoms with Crippen LogP contribution < -0.4 is 10.1 Å². The molecule has 1 atom stereocenters. The van der Waals surface area contributed by atoms with Gasteiger partial charge in [0.25, 0.3) is 5.91 Å². The quantitative estimate of drug-likeness (QED) is 0.860. The Morgan fingerprint density at radius 1 is 1.17 bits per heavy atom. The van der Waals surface area contributed by atoms with Gasteiger partial charge in [-0.15, -0.1) is 0 Å². The van der Waals surface area contributed by atoms with E-state index in [1.54, 1.807) is 24.3 Å². The summed E-state index contributed by atoms with van der Waals surface area (Å²) in [4.78, 5) is 12.0. The first-order valence-corrected chi connectivity index (χ1v) is 7.12. The third-order valence-electron chi connectivity index (χ3n) is 3.20. The zero-order valence-electron chi connectivity index (χ0n) is 12.6. The van der Waals surface area contributed by atoms with Crippen molar-refractivity contribution in [2.24, 2.45) is 0 Å². The largest absolute Gasteiger partial charge is 0.481 e. The van der Waals surface area contributed by atoms with Crippen LogP contribution in [-0.2, 0) is 11.2 Å². The number of nitrogens with one attached hydrogen (secondary N) is 1. The molecule has 0 saturated heterocycles.